The highest BCUT2D eigenvalue weighted by molar-refractivity contribution is 14.1. The maximum absolute atomic E-state index is 5.99. The summed E-state index contributed by atoms with van der Waals surface area (Å²) in [6.45, 7) is 4.71. The summed E-state index contributed by atoms with van der Waals surface area (Å²) in [5.41, 5.74) is 9.01. The molecule has 3 nitrogen and oxygen atoms in total. The summed E-state index contributed by atoms with van der Waals surface area (Å²) in [6.07, 6.45) is 7.16. The van der Waals surface area contributed by atoms with E-state index in [-0.39, 0.29) is 0 Å². The Morgan fingerprint density at radius 3 is 2.59 bits per heavy atom. The van der Waals surface area contributed by atoms with Crippen LogP contribution in [-0.4, -0.2) is 10.2 Å². The topological polar surface area (TPSA) is 51.8 Å². The van der Waals surface area contributed by atoms with E-state index in [1.54, 1.807) is 0 Å². The molecule has 1 heterocycles. The highest BCUT2D eigenvalue weighted by atomic mass is 127. The van der Waals surface area contributed by atoms with Crippen LogP contribution in [0.15, 0.2) is 0 Å². The molecule has 4 heteroatoms. The fraction of sp³-hybridized carbons (Fsp3) is 0.692. The molecule has 0 bridgehead atoms. The number of nitrogen functional groups attached to an aromatic ring is 1. The summed E-state index contributed by atoms with van der Waals surface area (Å²) >= 11 is 2.28. The van der Waals surface area contributed by atoms with Crippen molar-refractivity contribution in [1.82, 2.24) is 10.2 Å². The van der Waals surface area contributed by atoms with E-state index in [0.717, 1.165) is 16.5 Å². The van der Waals surface area contributed by atoms with Crippen LogP contribution in [0.3, 0.4) is 0 Å². The Bertz CT molecular complexity index is 415. The maximum atomic E-state index is 5.99. The number of halogens is 1. The van der Waals surface area contributed by atoms with E-state index < -0.39 is 0 Å². The number of hydrogen-bond acceptors (Lipinski definition) is 3. The number of hydrogen-bond donors (Lipinski definition) is 1. The maximum Gasteiger partial charge on any atom is 0.149 e. The molecule has 2 rings (SSSR count). The molecule has 0 saturated carbocycles. The second-order valence-corrected chi connectivity index (χ2v) is 6.73. The zero-order valence-corrected chi connectivity index (χ0v) is 12.7. The monoisotopic (exact) mass is 345 g/mol. The lowest BCUT2D eigenvalue weighted by molar-refractivity contribution is 0.299. The molecule has 0 amide bonds. The summed E-state index contributed by atoms with van der Waals surface area (Å²) in [5.74, 6) is 0.637. The van der Waals surface area contributed by atoms with E-state index in [1.807, 2.05) is 0 Å². The number of fused-ring (bicyclic) bond motifs is 1. The van der Waals surface area contributed by atoms with Gasteiger partial charge in [-0.25, -0.2) is 0 Å². The number of nitrogens with zero attached hydrogens (tertiary/aromatic N) is 2. The first-order chi connectivity index (χ1) is 7.99. The minimum atomic E-state index is 0.419. The van der Waals surface area contributed by atoms with E-state index in [2.05, 4.69) is 46.6 Å². The lowest BCUT2D eigenvalue weighted by Gasteiger charge is -2.23. The van der Waals surface area contributed by atoms with Crippen molar-refractivity contribution in [2.24, 2.45) is 5.41 Å². The molecule has 0 radical (unpaired) electrons. The van der Waals surface area contributed by atoms with Crippen LogP contribution in [0.1, 0.15) is 50.7 Å². The van der Waals surface area contributed by atoms with Gasteiger partial charge in [0, 0.05) is 5.56 Å². The predicted molar refractivity (Wildman–Crippen MR) is 78.8 cm³/mol. The molecule has 0 spiro atoms. The first-order valence-electron chi connectivity index (χ1n) is 6.29. The molecule has 94 valence electrons. The molecule has 1 aromatic heterocycles. The van der Waals surface area contributed by atoms with Crippen molar-refractivity contribution in [3.63, 3.8) is 0 Å². The van der Waals surface area contributed by atoms with Crippen molar-refractivity contribution in [2.45, 2.75) is 52.4 Å². The molecule has 0 fully saturated rings. The summed E-state index contributed by atoms with van der Waals surface area (Å²) in [7, 11) is 0. The molecular weight excluding hydrogens is 325 g/mol. The van der Waals surface area contributed by atoms with Gasteiger partial charge in [0.25, 0.3) is 0 Å². The number of rotatable bonds is 0. The van der Waals surface area contributed by atoms with Crippen molar-refractivity contribution in [3.8, 4) is 0 Å². The van der Waals surface area contributed by atoms with Crippen LogP contribution in [0.25, 0.3) is 0 Å². The van der Waals surface area contributed by atoms with Gasteiger partial charge in [-0.1, -0.05) is 20.3 Å². The first-order valence-corrected chi connectivity index (χ1v) is 7.37. The Balaban J connectivity index is 2.36. The van der Waals surface area contributed by atoms with Crippen molar-refractivity contribution >= 4 is 28.4 Å². The number of nitrogens with two attached hydrogens (primary N) is 1. The SMILES string of the molecule is CC1(C)CCCCc2c(I)nnc(N)c2CC1. The Morgan fingerprint density at radius 1 is 1.06 bits per heavy atom. The predicted octanol–water partition coefficient (Wildman–Crippen LogP) is 3.35. The van der Waals surface area contributed by atoms with Gasteiger partial charge >= 0.3 is 0 Å². The van der Waals surface area contributed by atoms with E-state index >= 15 is 0 Å². The second kappa shape index (κ2) is 5.08. The van der Waals surface area contributed by atoms with Gasteiger partial charge in [-0.3, -0.25) is 0 Å². The molecule has 1 aromatic rings. The minimum Gasteiger partial charge on any atom is -0.382 e. The third kappa shape index (κ3) is 3.09. The van der Waals surface area contributed by atoms with Gasteiger partial charge < -0.3 is 5.73 Å². The van der Waals surface area contributed by atoms with Gasteiger partial charge in [0.2, 0.25) is 0 Å². The molecule has 0 aromatic carbocycles. The molecule has 1 aliphatic carbocycles. The van der Waals surface area contributed by atoms with Crippen molar-refractivity contribution in [3.05, 3.63) is 14.8 Å². The second-order valence-electron chi connectivity index (χ2n) is 5.70. The molecule has 2 N–H and O–H groups in total. The Morgan fingerprint density at radius 2 is 1.82 bits per heavy atom. The molecular formula is C13H20IN3. The molecule has 1 aliphatic rings. The zero-order chi connectivity index (χ0) is 12.5. The summed E-state index contributed by atoms with van der Waals surface area (Å²) in [5, 5.41) is 8.21. The zero-order valence-electron chi connectivity index (χ0n) is 10.6. The third-order valence-electron chi connectivity index (χ3n) is 3.75. The van der Waals surface area contributed by atoms with Gasteiger partial charge in [-0.2, -0.15) is 0 Å². The van der Waals surface area contributed by atoms with Crippen LogP contribution in [0, 0.1) is 9.12 Å². The molecule has 0 atom stereocenters. The first kappa shape index (κ1) is 13.1. The van der Waals surface area contributed by atoms with Gasteiger partial charge in [-0.15, -0.1) is 10.2 Å². The van der Waals surface area contributed by atoms with E-state index in [4.69, 9.17) is 5.73 Å². The highest BCUT2D eigenvalue weighted by Crippen LogP contribution is 2.34. The number of aromatic nitrogens is 2. The Kier molecular flexibility index (Phi) is 3.90. The van der Waals surface area contributed by atoms with Gasteiger partial charge in [0.15, 0.2) is 0 Å². The fourth-order valence-corrected chi connectivity index (χ4v) is 3.23. The quantitative estimate of drug-likeness (QED) is 0.734. The van der Waals surface area contributed by atoms with E-state index in [1.165, 1.54) is 36.8 Å². The van der Waals surface area contributed by atoms with Gasteiger partial charge in [0.1, 0.15) is 9.52 Å². The fourth-order valence-electron chi connectivity index (χ4n) is 2.52. The van der Waals surface area contributed by atoms with Crippen molar-refractivity contribution in [1.29, 1.82) is 0 Å². The molecule has 0 unspecified atom stereocenters. The van der Waals surface area contributed by atoms with Crippen LogP contribution < -0.4 is 5.73 Å². The normalized spacial score (nSPS) is 19.9. The smallest absolute Gasteiger partial charge is 0.149 e. The van der Waals surface area contributed by atoms with Crippen molar-refractivity contribution < 1.29 is 0 Å². The van der Waals surface area contributed by atoms with Crippen LogP contribution in [0.2, 0.25) is 0 Å². The minimum absolute atomic E-state index is 0.419. The van der Waals surface area contributed by atoms with Gasteiger partial charge in [-0.05, 0) is 65.7 Å². The number of anilines is 1. The third-order valence-corrected chi connectivity index (χ3v) is 4.62. The largest absolute Gasteiger partial charge is 0.382 e. The van der Waals surface area contributed by atoms with E-state index in [9.17, 15) is 0 Å². The van der Waals surface area contributed by atoms with Crippen LogP contribution in [0.4, 0.5) is 5.82 Å². The standard InChI is InChI=1S/C13H20IN3/c1-13(2)7-4-3-5-9-10(6-8-13)12(15)17-16-11(9)14/h3-8H2,1-2H3,(H2,15,17). The average molecular weight is 345 g/mol. The van der Waals surface area contributed by atoms with Crippen LogP contribution in [0.5, 0.6) is 0 Å². The lowest BCUT2D eigenvalue weighted by atomic mass is 9.82. The summed E-state index contributed by atoms with van der Waals surface area (Å²) in [4.78, 5) is 0. The molecule has 0 aliphatic heterocycles. The van der Waals surface area contributed by atoms with E-state index in [0.29, 0.717) is 11.2 Å². The summed E-state index contributed by atoms with van der Waals surface area (Å²) < 4.78 is 1.03. The lowest BCUT2D eigenvalue weighted by Crippen LogP contribution is -2.13. The average Bonchev–Trinajstić information content (AvgIpc) is 2.34. The molecule has 0 saturated heterocycles. The van der Waals surface area contributed by atoms with Crippen molar-refractivity contribution in [2.75, 3.05) is 5.73 Å². The van der Waals surface area contributed by atoms with Crippen LogP contribution in [-0.2, 0) is 12.8 Å². The van der Waals surface area contributed by atoms with Gasteiger partial charge in [0.05, 0.1) is 0 Å². The van der Waals surface area contributed by atoms with Crippen LogP contribution >= 0.6 is 22.6 Å². The Hall–Kier alpha value is -0.390. The Labute approximate surface area is 117 Å². The summed E-state index contributed by atoms with van der Waals surface area (Å²) in [6, 6.07) is 0. The highest BCUT2D eigenvalue weighted by Gasteiger charge is 2.22. The molecule has 17 heavy (non-hydrogen) atoms.